The van der Waals surface area contributed by atoms with Gasteiger partial charge < -0.3 is 15.4 Å². The molecule has 1 aromatic rings. The molecule has 104 valence electrons. The zero-order valence-electron chi connectivity index (χ0n) is 11.3. The third-order valence-electron chi connectivity index (χ3n) is 3.55. The summed E-state index contributed by atoms with van der Waals surface area (Å²) in [4.78, 5) is 14.1. The number of carbonyl (C=O) groups is 1. The standard InChI is InChI=1S/C15H22N2O2/c16-12-13-6-4-5-10-17(13)15(18)9-11-19-14-7-2-1-3-8-14/h1-3,7-8,13H,4-6,9-12,16H2. The summed E-state index contributed by atoms with van der Waals surface area (Å²) in [5.74, 6) is 0.968. The topological polar surface area (TPSA) is 55.6 Å². The van der Waals surface area contributed by atoms with E-state index in [1.165, 1.54) is 6.42 Å². The van der Waals surface area contributed by atoms with Gasteiger partial charge in [0.15, 0.2) is 0 Å². The fourth-order valence-electron chi connectivity index (χ4n) is 2.49. The number of benzene rings is 1. The minimum Gasteiger partial charge on any atom is -0.493 e. The highest BCUT2D eigenvalue weighted by atomic mass is 16.5. The zero-order valence-corrected chi connectivity index (χ0v) is 11.3. The van der Waals surface area contributed by atoms with Crippen molar-refractivity contribution < 1.29 is 9.53 Å². The minimum atomic E-state index is 0.158. The lowest BCUT2D eigenvalue weighted by atomic mass is 10.0. The molecule has 0 radical (unpaired) electrons. The minimum absolute atomic E-state index is 0.158. The van der Waals surface area contributed by atoms with Gasteiger partial charge in [-0.05, 0) is 31.4 Å². The molecule has 4 heteroatoms. The van der Waals surface area contributed by atoms with Crippen LogP contribution >= 0.6 is 0 Å². The summed E-state index contributed by atoms with van der Waals surface area (Å²) in [7, 11) is 0. The molecular formula is C15H22N2O2. The highest BCUT2D eigenvalue weighted by molar-refractivity contribution is 5.76. The molecule has 0 bridgehead atoms. The number of hydrogen-bond acceptors (Lipinski definition) is 3. The van der Waals surface area contributed by atoms with Crippen LogP contribution in [0.25, 0.3) is 0 Å². The number of nitrogens with two attached hydrogens (primary N) is 1. The van der Waals surface area contributed by atoms with Crippen LogP contribution in [0.4, 0.5) is 0 Å². The van der Waals surface area contributed by atoms with Crippen molar-refractivity contribution >= 4 is 5.91 Å². The molecule has 0 saturated carbocycles. The summed E-state index contributed by atoms with van der Waals surface area (Å²) in [6.07, 6.45) is 3.71. The maximum Gasteiger partial charge on any atom is 0.226 e. The average Bonchev–Trinajstić information content (AvgIpc) is 2.48. The number of amides is 1. The predicted octanol–water partition coefficient (Wildman–Crippen LogP) is 1.80. The second-order valence-corrected chi connectivity index (χ2v) is 4.88. The lowest BCUT2D eigenvalue weighted by Gasteiger charge is -2.35. The lowest BCUT2D eigenvalue weighted by molar-refractivity contribution is -0.135. The molecule has 0 aliphatic carbocycles. The molecule has 1 fully saturated rings. The van der Waals surface area contributed by atoms with Crippen LogP contribution in [0.1, 0.15) is 25.7 Å². The summed E-state index contributed by atoms with van der Waals surface area (Å²) < 4.78 is 5.56. The number of para-hydroxylation sites is 1. The summed E-state index contributed by atoms with van der Waals surface area (Å²) in [5, 5.41) is 0. The zero-order chi connectivity index (χ0) is 13.5. The van der Waals surface area contributed by atoms with Crippen molar-refractivity contribution in [1.82, 2.24) is 4.90 Å². The van der Waals surface area contributed by atoms with Gasteiger partial charge in [-0.2, -0.15) is 0 Å². The van der Waals surface area contributed by atoms with E-state index in [4.69, 9.17) is 10.5 Å². The largest absolute Gasteiger partial charge is 0.493 e. The van der Waals surface area contributed by atoms with Gasteiger partial charge in [-0.3, -0.25) is 4.79 Å². The van der Waals surface area contributed by atoms with E-state index in [1.807, 2.05) is 35.2 Å². The molecule has 19 heavy (non-hydrogen) atoms. The van der Waals surface area contributed by atoms with Crippen LogP contribution < -0.4 is 10.5 Å². The van der Waals surface area contributed by atoms with Crippen molar-refractivity contribution in [2.45, 2.75) is 31.7 Å². The van der Waals surface area contributed by atoms with Gasteiger partial charge in [-0.1, -0.05) is 18.2 Å². The Morgan fingerprint density at radius 3 is 2.84 bits per heavy atom. The molecule has 2 rings (SSSR count). The van der Waals surface area contributed by atoms with Crippen molar-refractivity contribution in [3.8, 4) is 5.75 Å². The van der Waals surface area contributed by atoms with Crippen molar-refractivity contribution in [3.63, 3.8) is 0 Å². The van der Waals surface area contributed by atoms with E-state index in [0.717, 1.165) is 25.1 Å². The fraction of sp³-hybridized carbons (Fsp3) is 0.533. The normalized spacial score (nSPS) is 19.2. The Balaban J connectivity index is 1.77. The molecule has 1 aliphatic heterocycles. The Bertz CT molecular complexity index is 394. The Kier molecular flexibility index (Phi) is 5.21. The number of ether oxygens (including phenoxy) is 1. The van der Waals surface area contributed by atoms with E-state index in [1.54, 1.807) is 0 Å². The first-order chi connectivity index (χ1) is 9.31. The first-order valence-electron chi connectivity index (χ1n) is 6.98. The highest BCUT2D eigenvalue weighted by Crippen LogP contribution is 2.17. The SMILES string of the molecule is NCC1CCCCN1C(=O)CCOc1ccccc1. The Labute approximate surface area is 114 Å². The average molecular weight is 262 g/mol. The molecule has 1 amide bonds. The molecule has 1 saturated heterocycles. The number of hydrogen-bond donors (Lipinski definition) is 1. The van der Waals surface area contributed by atoms with Crippen LogP contribution in [-0.2, 0) is 4.79 Å². The van der Waals surface area contributed by atoms with E-state index in [9.17, 15) is 4.79 Å². The summed E-state index contributed by atoms with van der Waals surface area (Å²) >= 11 is 0. The van der Waals surface area contributed by atoms with Gasteiger partial charge in [0.2, 0.25) is 5.91 Å². The van der Waals surface area contributed by atoms with Crippen LogP contribution in [0.2, 0.25) is 0 Å². The molecule has 4 nitrogen and oxygen atoms in total. The van der Waals surface area contributed by atoms with Gasteiger partial charge in [0.05, 0.1) is 13.0 Å². The van der Waals surface area contributed by atoms with E-state index in [2.05, 4.69) is 0 Å². The van der Waals surface area contributed by atoms with Gasteiger partial charge in [-0.15, -0.1) is 0 Å². The molecular weight excluding hydrogens is 240 g/mol. The Morgan fingerprint density at radius 2 is 2.11 bits per heavy atom. The molecule has 1 aliphatic rings. The van der Waals surface area contributed by atoms with Gasteiger partial charge >= 0.3 is 0 Å². The fourth-order valence-corrected chi connectivity index (χ4v) is 2.49. The summed E-state index contributed by atoms with van der Waals surface area (Å²) in [5.41, 5.74) is 5.73. The number of likely N-dealkylation sites (tertiary alicyclic amines) is 1. The third-order valence-corrected chi connectivity index (χ3v) is 3.55. The molecule has 2 N–H and O–H groups in total. The second kappa shape index (κ2) is 7.14. The third kappa shape index (κ3) is 3.96. The summed E-state index contributed by atoms with van der Waals surface area (Å²) in [6.45, 7) is 1.83. The van der Waals surface area contributed by atoms with Crippen molar-refractivity contribution in [3.05, 3.63) is 30.3 Å². The van der Waals surface area contributed by atoms with E-state index in [0.29, 0.717) is 19.6 Å². The van der Waals surface area contributed by atoms with Crippen molar-refractivity contribution in [2.24, 2.45) is 5.73 Å². The lowest BCUT2D eigenvalue weighted by Crippen LogP contribution is -2.47. The summed E-state index contributed by atoms with van der Waals surface area (Å²) in [6, 6.07) is 9.80. The Morgan fingerprint density at radius 1 is 1.32 bits per heavy atom. The molecule has 0 spiro atoms. The van der Waals surface area contributed by atoms with E-state index >= 15 is 0 Å². The highest BCUT2D eigenvalue weighted by Gasteiger charge is 2.24. The maximum absolute atomic E-state index is 12.1. The monoisotopic (exact) mass is 262 g/mol. The van der Waals surface area contributed by atoms with Crippen LogP contribution in [-0.4, -0.2) is 36.5 Å². The van der Waals surface area contributed by atoms with Crippen LogP contribution in [0.3, 0.4) is 0 Å². The number of nitrogens with zero attached hydrogens (tertiary/aromatic N) is 1. The van der Waals surface area contributed by atoms with Crippen molar-refractivity contribution in [2.75, 3.05) is 19.7 Å². The molecule has 0 aromatic heterocycles. The van der Waals surface area contributed by atoms with Gasteiger partial charge in [0.25, 0.3) is 0 Å². The van der Waals surface area contributed by atoms with E-state index < -0.39 is 0 Å². The first kappa shape index (κ1) is 13.9. The van der Waals surface area contributed by atoms with Crippen LogP contribution in [0.5, 0.6) is 5.75 Å². The number of rotatable bonds is 5. The van der Waals surface area contributed by atoms with Crippen molar-refractivity contribution in [1.29, 1.82) is 0 Å². The van der Waals surface area contributed by atoms with Gasteiger partial charge in [-0.25, -0.2) is 0 Å². The molecule has 1 unspecified atom stereocenters. The van der Waals surface area contributed by atoms with Gasteiger partial charge in [0.1, 0.15) is 5.75 Å². The molecule has 1 atom stereocenters. The van der Waals surface area contributed by atoms with E-state index in [-0.39, 0.29) is 11.9 Å². The van der Waals surface area contributed by atoms with Crippen LogP contribution in [0, 0.1) is 0 Å². The van der Waals surface area contributed by atoms with Crippen LogP contribution in [0.15, 0.2) is 30.3 Å². The quantitative estimate of drug-likeness (QED) is 0.880. The predicted molar refractivity (Wildman–Crippen MR) is 75.0 cm³/mol. The number of piperidine rings is 1. The number of carbonyl (C=O) groups excluding carboxylic acids is 1. The molecule has 1 heterocycles. The molecule has 1 aromatic carbocycles. The maximum atomic E-state index is 12.1. The second-order valence-electron chi connectivity index (χ2n) is 4.88. The Hall–Kier alpha value is -1.55. The van der Waals surface area contributed by atoms with Gasteiger partial charge in [0, 0.05) is 19.1 Å². The smallest absolute Gasteiger partial charge is 0.226 e. The first-order valence-corrected chi connectivity index (χ1v) is 6.98.